The van der Waals surface area contributed by atoms with E-state index in [4.69, 9.17) is 5.73 Å². The second-order valence-corrected chi connectivity index (χ2v) is 2.23. The number of hydrogen-bond acceptors (Lipinski definition) is 4. The monoisotopic (exact) mass is 170 g/mol. The number of nitrogens with two attached hydrogens (primary N) is 1. The van der Waals surface area contributed by atoms with Crippen molar-refractivity contribution in [1.29, 1.82) is 0 Å². The molecule has 0 saturated carbocycles. The Morgan fingerprint density at radius 2 is 2.08 bits per heavy atom. The quantitative estimate of drug-likeness (QED) is 0.460. The molecule has 6 heteroatoms. The molecule has 5 N–H and O–H groups in total. The SMILES string of the molecule is CCNc1c(N)[nH]c(=O)[nH]c1=O. The largest absolute Gasteiger partial charge is 0.383 e. The van der Waals surface area contributed by atoms with E-state index in [9.17, 15) is 9.59 Å². The summed E-state index contributed by atoms with van der Waals surface area (Å²) in [5.41, 5.74) is 4.48. The Bertz CT molecular complexity index is 378. The smallest absolute Gasteiger partial charge is 0.327 e. The Balaban J connectivity index is 3.29. The van der Waals surface area contributed by atoms with Crippen LogP contribution in [-0.4, -0.2) is 16.5 Å². The highest BCUT2D eigenvalue weighted by atomic mass is 16.2. The lowest BCUT2D eigenvalue weighted by Crippen LogP contribution is -2.26. The molecule has 0 amide bonds. The molecule has 0 spiro atoms. The van der Waals surface area contributed by atoms with E-state index in [0.717, 1.165) is 0 Å². The van der Waals surface area contributed by atoms with Gasteiger partial charge in [-0.2, -0.15) is 0 Å². The lowest BCUT2D eigenvalue weighted by molar-refractivity contribution is 1.03. The van der Waals surface area contributed by atoms with E-state index in [2.05, 4.69) is 15.3 Å². The van der Waals surface area contributed by atoms with Crippen LogP contribution in [0, 0.1) is 0 Å². The van der Waals surface area contributed by atoms with E-state index >= 15 is 0 Å². The zero-order valence-corrected chi connectivity index (χ0v) is 6.60. The fourth-order valence-electron chi connectivity index (χ4n) is 0.856. The molecule has 0 aliphatic rings. The number of anilines is 2. The van der Waals surface area contributed by atoms with Crippen molar-refractivity contribution in [1.82, 2.24) is 9.97 Å². The molecule has 12 heavy (non-hydrogen) atoms. The number of H-pyrrole nitrogens is 2. The number of rotatable bonds is 2. The number of hydrogen-bond donors (Lipinski definition) is 4. The Morgan fingerprint density at radius 1 is 1.42 bits per heavy atom. The maximum absolute atomic E-state index is 11.0. The average molecular weight is 170 g/mol. The van der Waals surface area contributed by atoms with Crippen LogP contribution in [0.25, 0.3) is 0 Å². The summed E-state index contributed by atoms with van der Waals surface area (Å²) in [5, 5.41) is 2.73. The first kappa shape index (κ1) is 8.38. The van der Waals surface area contributed by atoms with Crippen molar-refractivity contribution in [2.75, 3.05) is 17.6 Å². The van der Waals surface area contributed by atoms with Crippen molar-refractivity contribution in [3.8, 4) is 0 Å². The molecule has 1 aromatic heterocycles. The van der Waals surface area contributed by atoms with Crippen LogP contribution in [0.2, 0.25) is 0 Å². The third-order valence-corrected chi connectivity index (χ3v) is 1.33. The van der Waals surface area contributed by atoms with E-state index < -0.39 is 11.2 Å². The predicted molar refractivity (Wildman–Crippen MR) is 46.3 cm³/mol. The Kier molecular flexibility index (Phi) is 2.18. The molecule has 66 valence electrons. The number of aromatic nitrogens is 2. The summed E-state index contributed by atoms with van der Waals surface area (Å²) in [5.74, 6) is 0.0607. The zero-order valence-electron chi connectivity index (χ0n) is 6.60. The van der Waals surface area contributed by atoms with E-state index in [1.807, 2.05) is 6.92 Å². The molecular formula is C6H10N4O2. The summed E-state index contributed by atoms with van der Waals surface area (Å²) in [7, 11) is 0. The topological polar surface area (TPSA) is 104 Å². The summed E-state index contributed by atoms with van der Waals surface area (Å²) < 4.78 is 0. The molecule has 0 fully saturated rings. The standard InChI is InChI=1S/C6H10N4O2/c1-2-8-3-4(7)9-6(12)10-5(3)11/h8H,2H2,1H3,(H4,7,9,10,11,12). The Hall–Kier alpha value is -1.72. The molecule has 0 aromatic carbocycles. The zero-order chi connectivity index (χ0) is 9.14. The molecule has 0 atom stereocenters. The minimum atomic E-state index is -0.598. The molecule has 1 rings (SSSR count). The van der Waals surface area contributed by atoms with Gasteiger partial charge in [0.25, 0.3) is 5.56 Å². The van der Waals surface area contributed by atoms with Gasteiger partial charge in [0.1, 0.15) is 11.5 Å². The van der Waals surface area contributed by atoms with Gasteiger partial charge in [-0.3, -0.25) is 14.8 Å². The molecule has 0 radical (unpaired) electrons. The van der Waals surface area contributed by atoms with Gasteiger partial charge < -0.3 is 11.1 Å². The van der Waals surface area contributed by atoms with Crippen molar-refractivity contribution in [2.45, 2.75) is 6.92 Å². The molecule has 0 aliphatic carbocycles. The van der Waals surface area contributed by atoms with Crippen molar-refractivity contribution in [2.24, 2.45) is 0 Å². The van der Waals surface area contributed by atoms with E-state index in [0.29, 0.717) is 6.54 Å². The normalized spacial score (nSPS) is 9.75. The van der Waals surface area contributed by atoms with E-state index in [1.54, 1.807) is 0 Å². The third kappa shape index (κ3) is 1.47. The second-order valence-electron chi connectivity index (χ2n) is 2.23. The molecule has 1 heterocycles. The van der Waals surface area contributed by atoms with Gasteiger partial charge in [-0.25, -0.2) is 4.79 Å². The van der Waals surface area contributed by atoms with Crippen LogP contribution >= 0.6 is 0 Å². The van der Waals surface area contributed by atoms with Gasteiger partial charge in [-0.05, 0) is 6.92 Å². The maximum Gasteiger partial charge on any atom is 0.327 e. The molecule has 0 saturated heterocycles. The van der Waals surface area contributed by atoms with Crippen molar-refractivity contribution >= 4 is 11.5 Å². The Morgan fingerprint density at radius 3 is 2.58 bits per heavy atom. The first-order valence-corrected chi connectivity index (χ1v) is 3.51. The summed E-state index contributed by atoms with van der Waals surface area (Å²) in [6.07, 6.45) is 0. The summed E-state index contributed by atoms with van der Waals surface area (Å²) in [4.78, 5) is 26.0. The lowest BCUT2D eigenvalue weighted by Gasteiger charge is -2.03. The van der Waals surface area contributed by atoms with Crippen LogP contribution in [0.1, 0.15) is 6.92 Å². The van der Waals surface area contributed by atoms with Crippen LogP contribution in [0.5, 0.6) is 0 Å². The van der Waals surface area contributed by atoms with Crippen molar-refractivity contribution < 1.29 is 0 Å². The second kappa shape index (κ2) is 3.12. The first-order valence-electron chi connectivity index (χ1n) is 3.51. The summed E-state index contributed by atoms with van der Waals surface area (Å²) >= 11 is 0. The fourth-order valence-corrected chi connectivity index (χ4v) is 0.856. The molecule has 1 aromatic rings. The van der Waals surface area contributed by atoms with Gasteiger partial charge in [0.2, 0.25) is 0 Å². The van der Waals surface area contributed by atoms with Gasteiger partial charge in [0, 0.05) is 6.54 Å². The third-order valence-electron chi connectivity index (χ3n) is 1.33. The molecule has 0 bridgehead atoms. The minimum absolute atomic E-state index is 0.0607. The van der Waals surface area contributed by atoms with Gasteiger partial charge >= 0.3 is 5.69 Å². The molecule has 0 aliphatic heterocycles. The minimum Gasteiger partial charge on any atom is -0.383 e. The van der Waals surface area contributed by atoms with Gasteiger partial charge in [0.15, 0.2) is 0 Å². The summed E-state index contributed by atoms with van der Waals surface area (Å²) in [6, 6.07) is 0. The van der Waals surface area contributed by atoms with Gasteiger partial charge in [-0.1, -0.05) is 0 Å². The number of aromatic amines is 2. The van der Waals surface area contributed by atoms with Crippen molar-refractivity contribution in [3.05, 3.63) is 20.8 Å². The summed E-state index contributed by atoms with van der Waals surface area (Å²) in [6.45, 7) is 2.39. The van der Waals surface area contributed by atoms with Gasteiger partial charge in [-0.15, -0.1) is 0 Å². The van der Waals surface area contributed by atoms with Crippen LogP contribution in [0.3, 0.4) is 0 Å². The van der Waals surface area contributed by atoms with Crippen molar-refractivity contribution in [3.63, 3.8) is 0 Å². The average Bonchev–Trinajstić information content (AvgIpc) is 1.96. The van der Waals surface area contributed by atoms with E-state index in [1.165, 1.54) is 0 Å². The van der Waals surface area contributed by atoms with Crippen LogP contribution in [0.15, 0.2) is 9.59 Å². The van der Waals surface area contributed by atoms with E-state index in [-0.39, 0.29) is 11.5 Å². The maximum atomic E-state index is 11.0. The van der Waals surface area contributed by atoms with Crippen LogP contribution < -0.4 is 22.3 Å². The van der Waals surface area contributed by atoms with Gasteiger partial charge in [0.05, 0.1) is 0 Å². The number of nitrogens with one attached hydrogen (secondary N) is 3. The van der Waals surface area contributed by atoms with Crippen LogP contribution in [-0.2, 0) is 0 Å². The molecular weight excluding hydrogens is 160 g/mol. The number of nitrogen functional groups attached to an aromatic ring is 1. The highest BCUT2D eigenvalue weighted by Crippen LogP contribution is 2.03. The highest BCUT2D eigenvalue weighted by Gasteiger charge is 2.03. The molecule has 6 nitrogen and oxygen atoms in total. The fraction of sp³-hybridized carbons (Fsp3) is 0.333. The highest BCUT2D eigenvalue weighted by molar-refractivity contribution is 5.59. The van der Waals surface area contributed by atoms with Crippen LogP contribution in [0.4, 0.5) is 11.5 Å². The Labute approximate surface area is 67.8 Å². The first-order chi connectivity index (χ1) is 5.65. The predicted octanol–water partition coefficient (Wildman–Crippen LogP) is -0.923. The molecule has 0 unspecified atom stereocenters. The lowest BCUT2D eigenvalue weighted by atomic mass is 10.4.